The molecule has 0 fully saturated rings. The second kappa shape index (κ2) is 8.41. The van der Waals surface area contributed by atoms with Gasteiger partial charge in [-0.1, -0.05) is 6.92 Å². The van der Waals surface area contributed by atoms with E-state index in [2.05, 4.69) is 4.74 Å². The molecule has 0 heterocycles. The van der Waals surface area contributed by atoms with Crippen molar-refractivity contribution in [2.75, 3.05) is 20.2 Å². The summed E-state index contributed by atoms with van der Waals surface area (Å²) in [6.07, 6.45) is -9.92. The summed E-state index contributed by atoms with van der Waals surface area (Å²) in [4.78, 5) is 24.6. The number of methoxy groups -OCH3 is 1. The fourth-order valence-electron chi connectivity index (χ4n) is 2.17. The number of benzene rings is 1. The number of hydrogen-bond donors (Lipinski definition) is 0. The van der Waals surface area contributed by atoms with E-state index in [1.54, 1.807) is 6.92 Å². The molecular formula is C16H17F6NO3. The topological polar surface area (TPSA) is 46.6 Å². The van der Waals surface area contributed by atoms with Crippen molar-refractivity contribution >= 4 is 11.9 Å². The maximum absolute atomic E-state index is 12.9. The Morgan fingerprint density at radius 3 is 1.85 bits per heavy atom. The van der Waals surface area contributed by atoms with E-state index >= 15 is 0 Å². The van der Waals surface area contributed by atoms with Gasteiger partial charge in [0.2, 0.25) is 0 Å². The van der Waals surface area contributed by atoms with Crippen LogP contribution in [0, 0.1) is 0 Å². The zero-order valence-corrected chi connectivity index (χ0v) is 14.0. The second-order valence-electron chi connectivity index (χ2n) is 5.41. The number of hydrogen-bond acceptors (Lipinski definition) is 3. The van der Waals surface area contributed by atoms with Crippen LogP contribution in [0.4, 0.5) is 26.3 Å². The zero-order chi connectivity index (χ0) is 20.1. The molecule has 1 aromatic rings. The van der Waals surface area contributed by atoms with Crippen molar-refractivity contribution < 1.29 is 40.7 Å². The molecule has 0 unspecified atom stereocenters. The molecule has 0 aliphatic carbocycles. The molecule has 0 aliphatic heterocycles. The van der Waals surface area contributed by atoms with Crippen molar-refractivity contribution in [1.29, 1.82) is 0 Å². The van der Waals surface area contributed by atoms with Gasteiger partial charge in [-0.3, -0.25) is 9.59 Å². The summed E-state index contributed by atoms with van der Waals surface area (Å²) >= 11 is 0. The van der Waals surface area contributed by atoms with Crippen molar-refractivity contribution in [3.05, 3.63) is 34.9 Å². The van der Waals surface area contributed by atoms with Gasteiger partial charge in [0.15, 0.2) is 0 Å². The number of halogens is 6. The summed E-state index contributed by atoms with van der Waals surface area (Å²) < 4.78 is 81.8. The molecule has 0 bridgehead atoms. The third-order valence-electron chi connectivity index (χ3n) is 3.43. The largest absolute Gasteiger partial charge is 0.469 e. The molecule has 146 valence electrons. The molecule has 1 rings (SSSR count). The Hall–Kier alpha value is -2.26. The van der Waals surface area contributed by atoms with E-state index in [0.29, 0.717) is 18.6 Å². The number of carbonyl (C=O) groups excluding carboxylic acids is 2. The molecule has 1 amide bonds. The smallest absolute Gasteiger partial charge is 0.416 e. The van der Waals surface area contributed by atoms with Crippen LogP contribution in [0.2, 0.25) is 0 Å². The molecule has 0 radical (unpaired) electrons. The molecule has 26 heavy (non-hydrogen) atoms. The van der Waals surface area contributed by atoms with E-state index in [-0.39, 0.29) is 25.6 Å². The highest BCUT2D eigenvalue weighted by Crippen LogP contribution is 2.36. The van der Waals surface area contributed by atoms with Crippen LogP contribution in [0.25, 0.3) is 0 Å². The molecular weight excluding hydrogens is 368 g/mol. The van der Waals surface area contributed by atoms with Crippen LogP contribution in [-0.2, 0) is 21.9 Å². The highest BCUT2D eigenvalue weighted by Gasteiger charge is 2.37. The number of alkyl halides is 6. The van der Waals surface area contributed by atoms with Gasteiger partial charge < -0.3 is 9.64 Å². The van der Waals surface area contributed by atoms with Gasteiger partial charge in [-0.25, -0.2) is 0 Å². The molecule has 0 saturated heterocycles. The maximum Gasteiger partial charge on any atom is 0.416 e. The minimum atomic E-state index is -5.04. The Morgan fingerprint density at radius 1 is 0.962 bits per heavy atom. The average molecular weight is 385 g/mol. The molecule has 0 aromatic heterocycles. The second-order valence-corrected chi connectivity index (χ2v) is 5.41. The molecule has 0 N–H and O–H groups in total. The molecule has 1 aromatic carbocycles. The van der Waals surface area contributed by atoms with Crippen molar-refractivity contribution in [2.24, 2.45) is 0 Å². The Morgan fingerprint density at radius 2 is 1.46 bits per heavy atom. The summed E-state index contributed by atoms with van der Waals surface area (Å²) in [6, 6.07) is 0.701. The minimum Gasteiger partial charge on any atom is -0.469 e. The fraction of sp³-hybridized carbons (Fsp3) is 0.500. The monoisotopic (exact) mass is 385 g/mol. The Labute approximate surface area is 145 Å². The normalized spacial score (nSPS) is 12.0. The maximum atomic E-state index is 12.9. The SMILES string of the molecule is CCCN(CCC(=O)OC)C(=O)c1cc(C(F)(F)F)cc(C(F)(F)F)c1. The van der Waals surface area contributed by atoms with Crippen LogP contribution in [0.3, 0.4) is 0 Å². The highest BCUT2D eigenvalue weighted by atomic mass is 19.4. The predicted octanol–water partition coefficient (Wildman–Crippen LogP) is 4.14. The van der Waals surface area contributed by atoms with Gasteiger partial charge >= 0.3 is 18.3 Å². The number of amides is 1. The Bertz CT molecular complexity index is 622. The molecule has 0 aliphatic rings. The highest BCUT2D eigenvalue weighted by molar-refractivity contribution is 5.95. The van der Waals surface area contributed by atoms with E-state index in [9.17, 15) is 35.9 Å². The molecule has 4 nitrogen and oxygen atoms in total. The summed E-state index contributed by atoms with van der Waals surface area (Å²) in [5, 5.41) is 0. The lowest BCUT2D eigenvalue weighted by Crippen LogP contribution is -2.34. The van der Waals surface area contributed by atoms with Crippen LogP contribution in [0.5, 0.6) is 0 Å². The lowest BCUT2D eigenvalue weighted by molar-refractivity contribution is -0.143. The summed E-state index contributed by atoms with van der Waals surface area (Å²) in [7, 11) is 1.12. The van der Waals surface area contributed by atoms with Crippen molar-refractivity contribution in [2.45, 2.75) is 32.1 Å². The first-order valence-corrected chi connectivity index (χ1v) is 7.55. The number of nitrogens with zero attached hydrogens (tertiary/aromatic N) is 1. The summed E-state index contributed by atoms with van der Waals surface area (Å²) in [5.41, 5.74) is -3.88. The summed E-state index contributed by atoms with van der Waals surface area (Å²) in [5.74, 6) is -1.67. The molecule has 0 spiro atoms. The van der Waals surface area contributed by atoms with Gasteiger partial charge in [0, 0.05) is 18.7 Å². The van der Waals surface area contributed by atoms with Gasteiger partial charge in [0.05, 0.1) is 24.7 Å². The van der Waals surface area contributed by atoms with E-state index in [4.69, 9.17) is 0 Å². The Kier molecular flexibility index (Phi) is 7.05. The summed E-state index contributed by atoms with van der Waals surface area (Å²) in [6.45, 7) is 1.55. The number of esters is 1. The van der Waals surface area contributed by atoms with Crippen LogP contribution in [-0.4, -0.2) is 37.0 Å². The minimum absolute atomic E-state index is 0.0462. The third kappa shape index (κ3) is 5.92. The first-order chi connectivity index (χ1) is 11.9. The first kappa shape index (κ1) is 21.8. The van der Waals surface area contributed by atoms with E-state index in [1.807, 2.05) is 0 Å². The molecule has 0 atom stereocenters. The van der Waals surface area contributed by atoms with Gasteiger partial charge in [-0.2, -0.15) is 26.3 Å². The fourth-order valence-corrected chi connectivity index (χ4v) is 2.17. The van der Waals surface area contributed by atoms with E-state index in [1.165, 1.54) is 0 Å². The predicted molar refractivity (Wildman–Crippen MR) is 79.3 cm³/mol. The van der Waals surface area contributed by atoms with Crippen molar-refractivity contribution in [1.82, 2.24) is 4.90 Å². The molecule has 0 saturated carbocycles. The van der Waals surface area contributed by atoms with Gasteiger partial charge in [-0.05, 0) is 24.6 Å². The van der Waals surface area contributed by atoms with Crippen LogP contribution >= 0.6 is 0 Å². The zero-order valence-electron chi connectivity index (χ0n) is 14.0. The number of ether oxygens (including phenoxy) is 1. The van der Waals surface area contributed by atoms with Crippen LogP contribution < -0.4 is 0 Å². The van der Waals surface area contributed by atoms with Gasteiger partial charge in [0.1, 0.15) is 0 Å². The van der Waals surface area contributed by atoms with Crippen LogP contribution in [0.1, 0.15) is 41.3 Å². The average Bonchev–Trinajstić information content (AvgIpc) is 2.55. The van der Waals surface area contributed by atoms with E-state index < -0.39 is 40.9 Å². The third-order valence-corrected chi connectivity index (χ3v) is 3.43. The quantitative estimate of drug-likeness (QED) is 0.546. The molecule has 10 heteroatoms. The van der Waals surface area contributed by atoms with Crippen molar-refractivity contribution in [3.8, 4) is 0 Å². The van der Waals surface area contributed by atoms with Crippen molar-refractivity contribution in [3.63, 3.8) is 0 Å². The lowest BCUT2D eigenvalue weighted by Gasteiger charge is -2.23. The number of rotatable bonds is 6. The Balaban J connectivity index is 3.27. The van der Waals surface area contributed by atoms with Gasteiger partial charge in [-0.15, -0.1) is 0 Å². The van der Waals surface area contributed by atoms with Crippen LogP contribution in [0.15, 0.2) is 18.2 Å². The first-order valence-electron chi connectivity index (χ1n) is 7.55. The standard InChI is InChI=1S/C16H17F6NO3/c1-3-5-23(6-4-13(24)26-2)14(25)10-7-11(15(17,18)19)9-12(8-10)16(20,21)22/h7-9H,3-6H2,1-2H3. The van der Waals surface area contributed by atoms with E-state index in [0.717, 1.165) is 12.0 Å². The number of carbonyl (C=O) groups is 2. The lowest BCUT2D eigenvalue weighted by atomic mass is 10.0. The van der Waals surface area contributed by atoms with Gasteiger partial charge in [0.25, 0.3) is 5.91 Å².